The molecule has 3 heterocycles. The van der Waals surface area contributed by atoms with Crippen molar-refractivity contribution >= 4 is 5.91 Å². The first-order valence-electron chi connectivity index (χ1n) is 9.87. The van der Waals surface area contributed by atoms with Gasteiger partial charge in [-0.2, -0.15) is 5.10 Å². The van der Waals surface area contributed by atoms with E-state index in [0.717, 1.165) is 57.2 Å². The fraction of sp³-hybridized carbons (Fsp3) is 0.524. The molecule has 0 unspecified atom stereocenters. The van der Waals surface area contributed by atoms with Crippen LogP contribution in [0.25, 0.3) is 0 Å². The minimum atomic E-state index is -0.796. The highest BCUT2D eigenvalue weighted by atomic mass is 19.2. The number of carbonyl (C=O) groups excluding carboxylic acids is 1. The van der Waals surface area contributed by atoms with Gasteiger partial charge in [0.1, 0.15) is 6.54 Å². The standard InChI is InChI=1S/C21H26F2N4O/c1-16-6-10-27(24-16)13-19(28)26-11-8-21(15-26)7-3-9-25(14-21)12-17-4-2-5-18(22)20(17)23/h2,4-6,10H,3,7-9,11-15H2,1H3/t21-/m1/s1. The Kier molecular flexibility index (Phi) is 5.19. The van der Waals surface area contributed by atoms with Gasteiger partial charge in [0.05, 0.1) is 5.69 Å². The molecule has 2 fully saturated rings. The van der Waals surface area contributed by atoms with Crippen LogP contribution in [0.1, 0.15) is 30.5 Å². The van der Waals surface area contributed by atoms with E-state index >= 15 is 0 Å². The van der Waals surface area contributed by atoms with Gasteiger partial charge in [0, 0.05) is 43.4 Å². The lowest BCUT2D eigenvalue weighted by atomic mass is 9.79. The van der Waals surface area contributed by atoms with Gasteiger partial charge in [0.2, 0.25) is 5.91 Å². The van der Waals surface area contributed by atoms with Crippen LogP contribution in [0.4, 0.5) is 8.78 Å². The molecule has 4 rings (SSSR count). The van der Waals surface area contributed by atoms with Gasteiger partial charge in [-0.05, 0) is 44.9 Å². The average molecular weight is 388 g/mol. The number of carbonyl (C=O) groups is 1. The molecule has 1 spiro atoms. The number of aryl methyl sites for hydroxylation is 1. The molecular weight excluding hydrogens is 362 g/mol. The van der Waals surface area contributed by atoms with Crippen molar-refractivity contribution in [3.05, 3.63) is 53.4 Å². The molecule has 1 aromatic carbocycles. The molecule has 150 valence electrons. The Hall–Kier alpha value is -2.28. The zero-order valence-corrected chi connectivity index (χ0v) is 16.2. The Morgan fingerprint density at radius 3 is 2.82 bits per heavy atom. The smallest absolute Gasteiger partial charge is 0.244 e. The molecule has 28 heavy (non-hydrogen) atoms. The summed E-state index contributed by atoms with van der Waals surface area (Å²) in [5, 5.41) is 4.30. The highest BCUT2D eigenvalue weighted by Crippen LogP contribution is 2.39. The van der Waals surface area contributed by atoms with E-state index in [4.69, 9.17) is 0 Å². The van der Waals surface area contributed by atoms with Crippen LogP contribution in [0.2, 0.25) is 0 Å². The lowest BCUT2D eigenvalue weighted by molar-refractivity contribution is -0.131. The number of piperidine rings is 1. The first-order chi connectivity index (χ1) is 13.4. The Balaban J connectivity index is 1.38. The summed E-state index contributed by atoms with van der Waals surface area (Å²) in [6.45, 7) is 5.75. The van der Waals surface area contributed by atoms with Gasteiger partial charge in [-0.1, -0.05) is 12.1 Å². The molecule has 0 N–H and O–H groups in total. The molecule has 2 saturated heterocycles. The van der Waals surface area contributed by atoms with Crippen LogP contribution >= 0.6 is 0 Å². The van der Waals surface area contributed by atoms with Gasteiger partial charge in [-0.15, -0.1) is 0 Å². The van der Waals surface area contributed by atoms with E-state index in [1.807, 2.05) is 24.1 Å². The Labute approximate surface area is 163 Å². The summed E-state index contributed by atoms with van der Waals surface area (Å²) in [4.78, 5) is 16.8. The van der Waals surface area contributed by atoms with E-state index in [-0.39, 0.29) is 17.9 Å². The van der Waals surface area contributed by atoms with Gasteiger partial charge in [-0.25, -0.2) is 8.78 Å². The number of likely N-dealkylation sites (tertiary alicyclic amines) is 2. The maximum Gasteiger partial charge on any atom is 0.244 e. The highest BCUT2D eigenvalue weighted by molar-refractivity contribution is 5.76. The van der Waals surface area contributed by atoms with Crippen molar-refractivity contribution in [3.63, 3.8) is 0 Å². The third kappa shape index (κ3) is 3.94. The molecule has 5 nitrogen and oxygen atoms in total. The van der Waals surface area contributed by atoms with Gasteiger partial charge < -0.3 is 4.90 Å². The van der Waals surface area contributed by atoms with Crippen LogP contribution in [0.3, 0.4) is 0 Å². The zero-order valence-electron chi connectivity index (χ0n) is 16.2. The lowest BCUT2D eigenvalue weighted by Gasteiger charge is -2.40. The first-order valence-corrected chi connectivity index (χ1v) is 9.87. The molecule has 2 aliphatic rings. The number of halogens is 2. The van der Waals surface area contributed by atoms with Crippen LogP contribution in [-0.2, 0) is 17.9 Å². The molecule has 0 aliphatic carbocycles. The highest BCUT2D eigenvalue weighted by Gasteiger charge is 2.42. The fourth-order valence-electron chi connectivity index (χ4n) is 4.63. The second kappa shape index (κ2) is 7.62. The summed E-state index contributed by atoms with van der Waals surface area (Å²) >= 11 is 0. The van der Waals surface area contributed by atoms with Crippen LogP contribution in [0.5, 0.6) is 0 Å². The molecule has 2 aromatic rings. The SMILES string of the molecule is Cc1ccn(CC(=O)N2CC[C@@]3(CCCN(Cc4cccc(F)c4F)C3)C2)n1. The quantitative estimate of drug-likeness (QED) is 0.809. The summed E-state index contributed by atoms with van der Waals surface area (Å²) in [7, 11) is 0. The maximum atomic E-state index is 14.0. The molecule has 1 amide bonds. The van der Waals surface area contributed by atoms with Gasteiger partial charge in [0.25, 0.3) is 0 Å². The largest absolute Gasteiger partial charge is 0.340 e. The lowest BCUT2D eigenvalue weighted by Crippen LogP contribution is -2.45. The van der Waals surface area contributed by atoms with Crippen molar-refractivity contribution < 1.29 is 13.6 Å². The monoisotopic (exact) mass is 388 g/mol. The number of hydrogen-bond acceptors (Lipinski definition) is 3. The van der Waals surface area contributed by atoms with Crippen molar-refractivity contribution in [2.75, 3.05) is 26.2 Å². The number of amides is 1. The van der Waals surface area contributed by atoms with E-state index in [1.165, 1.54) is 0 Å². The van der Waals surface area contributed by atoms with Crippen molar-refractivity contribution in [1.82, 2.24) is 19.6 Å². The third-order valence-electron chi connectivity index (χ3n) is 6.03. The van der Waals surface area contributed by atoms with Crippen LogP contribution < -0.4 is 0 Å². The third-order valence-corrected chi connectivity index (χ3v) is 6.03. The van der Waals surface area contributed by atoms with Gasteiger partial charge in [-0.3, -0.25) is 14.4 Å². The van der Waals surface area contributed by atoms with E-state index in [9.17, 15) is 13.6 Å². The molecule has 7 heteroatoms. The maximum absolute atomic E-state index is 14.0. The molecule has 0 radical (unpaired) electrons. The van der Waals surface area contributed by atoms with E-state index in [2.05, 4.69) is 10.00 Å². The summed E-state index contributed by atoms with van der Waals surface area (Å²) in [6, 6.07) is 6.25. The topological polar surface area (TPSA) is 41.4 Å². The summed E-state index contributed by atoms with van der Waals surface area (Å²) in [6.07, 6.45) is 4.87. The minimum absolute atomic E-state index is 0.0533. The van der Waals surface area contributed by atoms with Gasteiger partial charge >= 0.3 is 0 Å². The fourth-order valence-corrected chi connectivity index (χ4v) is 4.63. The number of aromatic nitrogens is 2. The molecule has 0 saturated carbocycles. The van der Waals surface area contributed by atoms with Crippen molar-refractivity contribution in [3.8, 4) is 0 Å². The predicted octanol–water partition coefficient (Wildman–Crippen LogP) is 2.98. The van der Waals surface area contributed by atoms with Gasteiger partial charge in [0.15, 0.2) is 11.6 Å². The van der Waals surface area contributed by atoms with Crippen LogP contribution in [-0.4, -0.2) is 51.7 Å². The Morgan fingerprint density at radius 1 is 1.18 bits per heavy atom. The summed E-state index contributed by atoms with van der Waals surface area (Å²) < 4.78 is 29.2. The van der Waals surface area contributed by atoms with Crippen LogP contribution in [0.15, 0.2) is 30.5 Å². The molecular formula is C21H26F2N4O. The number of hydrogen-bond donors (Lipinski definition) is 0. The molecule has 2 aliphatic heterocycles. The summed E-state index contributed by atoms with van der Waals surface area (Å²) in [5.74, 6) is -1.45. The van der Waals surface area contributed by atoms with Crippen LogP contribution in [0, 0.1) is 24.0 Å². The molecule has 1 aromatic heterocycles. The average Bonchev–Trinajstić information content (AvgIpc) is 3.26. The first kappa shape index (κ1) is 19.1. The normalized spacial score (nSPS) is 22.9. The van der Waals surface area contributed by atoms with Crippen molar-refractivity contribution in [1.29, 1.82) is 0 Å². The van der Waals surface area contributed by atoms with E-state index in [0.29, 0.717) is 12.1 Å². The van der Waals surface area contributed by atoms with Crippen molar-refractivity contribution in [2.45, 2.75) is 39.3 Å². The number of benzene rings is 1. The molecule has 1 atom stereocenters. The Bertz CT molecular complexity index is 868. The zero-order chi connectivity index (χ0) is 19.7. The Morgan fingerprint density at radius 2 is 2.04 bits per heavy atom. The number of nitrogens with zero attached hydrogens (tertiary/aromatic N) is 4. The van der Waals surface area contributed by atoms with E-state index < -0.39 is 11.6 Å². The molecule has 0 bridgehead atoms. The second-order valence-corrected chi connectivity index (χ2v) is 8.25. The minimum Gasteiger partial charge on any atom is -0.340 e. The second-order valence-electron chi connectivity index (χ2n) is 8.25. The van der Waals surface area contributed by atoms with E-state index in [1.54, 1.807) is 16.8 Å². The predicted molar refractivity (Wildman–Crippen MR) is 101 cm³/mol. The number of rotatable bonds is 4. The summed E-state index contributed by atoms with van der Waals surface area (Å²) in [5.41, 5.74) is 1.35. The van der Waals surface area contributed by atoms with Crippen molar-refractivity contribution in [2.24, 2.45) is 5.41 Å².